The van der Waals surface area contributed by atoms with Crippen molar-refractivity contribution in [3.05, 3.63) is 83.9 Å². The van der Waals surface area contributed by atoms with Gasteiger partial charge in [0.25, 0.3) is 5.91 Å². The normalized spacial score (nSPS) is 21.0. The Morgan fingerprint density at radius 3 is 2.48 bits per heavy atom. The van der Waals surface area contributed by atoms with Crippen molar-refractivity contribution >= 4 is 28.5 Å². The zero-order valence-corrected chi connectivity index (χ0v) is 17.0. The lowest BCUT2D eigenvalue weighted by Gasteiger charge is -2.45. The van der Waals surface area contributed by atoms with Crippen LogP contribution in [0.5, 0.6) is 0 Å². The molecule has 0 radical (unpaired) electrons. The van der Waals surface area contributed by atoms with E-state index in [1.807, 2.05) is 72.8 Å². The molecule has 2 saturated heterocycles. The summed E-state index contributed by atoms with van der Waals surface area (Å²) in [6, 6.07) is 21.9. The third kappa shape index (κ3) is 3.54. The zero-order valence-electron chi connectivity index (χ0n) is 17.0. The van der Waals surface area contributed by atoms with Crippen LogP contribution in [0.1, 0.15) is 15.9 Å². The summed E-state index contributed by atoms with van der Waals surface area (Å²) in [6.07, 6.45) is 0.466. The van der Waals surface area contributed by atoms with Crippen molar-refractivity contribution in [3.63, 3.8) is 0 Å². The molecule has 2 aliphatic heterocycles. The quantitative estimate of drug-likeness (QED) is 0.716. The highest BCUT2D eigenvalue weighted by molar-refractivity contribution is 6.07. The number of nitrogens with one attached hydrogen (secondary N) is 1. The molecule has 3 aromatic rings. The second-order valence-electron chi connectivity index (χ2n) is 8.08. The Morgan fingerprint density at radius 1 is 0.903 bits per heavy atom. The van der Waals surface area contributed by atoms with Crippen LogP contribution >= 0.6 is 0 Å². The summed E-state index contributed by atoms with van der Waals surface area (Å²) in [6.45, 7) is 0.978. The molecule has 0 aromatic heterocycles. The number of carbonyl (C=O) groups is 3. The predicted octanol–water partition coefficient (Wildman–Crippen LogP) is 2.23. The number of benzene rings is 3. The van der Waals surface area contributed by atoms with Gasteiger partial charge in [-0.15, -0.1) is 0 Å². The van der Waals surface area contributed by atoms with Crippen molar-refractivity contribution in [2.75, 3.05) is 19.6 Å². The molecule has 0 unspecified atom stereocenters. The first-order valence-corrected chi connectivity index (χ1v) is 10.5. The molecule has 0 saturated carbocycles. The molecule has 31 heavy (non-hydrogen) atoms. The van der Waals surface area contributed by atoms with E-state index in [1.165, 1.54) is 0 Å². The minimum atomic E-state index is -0.646. The fourth-order valence-electron chi connectivity index (χ4n) is 4.56. The Kier molecular flexibility index (Phi) is 4.90. The molecule has 2 fully saturated rings. The van der Waals surface area contributed by atoms with Crippen LogP contribution in [0.2, 0.25) is 0 Å². The molecule has 2 heterocycles. The average molecular weight is 413 g/mol. The van der Waals surface area contributed by atoms with Crippen LogP contribution in [0.15, 0.2) is 72.8 Å². The molecular formula is C25H23N3O3. The lowest BCUT2D eigenvalue weighted by atomic mass is 9.98. The fraction of sp³-hybridized carbons (Fsp3) is 0.240. The summed E-state index contributed by atoms with van der Waals surface area (Å²) in [7, 11) is 0. The van der Waals surface area contributed by atoms with Crippen molar-refractivity contribution in [3.8, 4) is 0 Å². The lowest BCUT2D eigenvalue weighted by Crippen LogP contribution is -2.70. The van der Waals surface area contributed by atoms with Gasteiger partial charge >= 0.3 is 0 Å². The molecular weight excluding hydrogens is 390 g/mol. The predicted molar refractivity (Wildman–Crippen MR) is 117 cm³/mol. The maximum Gasteiger partial charge on any atom is 0.254 e. The monoisotopic (exact) mass is 413 g/mol. The van der Waals surface area contributed by atoms with E-state index >= 15 is 0 Å². The van der Waals surface area contributed by atoms with Crippen molar-refractivity contribution in [2.45, 2.75) is 18.5 Å². The van der Waals surface area contributed by atoms with Gasteiger partial charge < -0.3 is 15.1 Å². The summed E-state index contributed by atoms with van der Waals surface area (Å²) < 4.78 is 0. The summed E-state index contributed by atoms with van der Waals surface area (Å²) in [4.78, 5) is 42.5. The van der Waals surface area contributed by atoms with Gasteiger partial charge in [0.1, 0.15) is 12.1 Å². The molecule has 6 heteroatoms. The second kappa shape index (κ2) is 7.87. The van der Waals surface area contributed by atoms with Crippen LogP contribution < -0.4 is 5.32 Å². The largest absolute Gasteiger partial charge is 0.342 e. The molecule has 156 valence electrons. The maximum atomic E-state index is 13.3. The molecule has 0 aliphatic carbocycles. The van der Waals surface area contributed by atoms with Crippen LogP contribution in [0.25, 0.3) is 10.8 Å². The average Bonchev–Trinajstić information content (AvgIpc) is 2.82. The first-order chi connectivity index (χ1) is 15.1. The number of carbonyl (C=O) groups excluding carboxylic acids is 3. The van der Waals surface area contributed by atoms with Gasteiger partial charge in [-0.05, 0) is 22.4 Å². The Morgan fingerprint density at radius 2 is 1.65 bits per heavy atom. The van der Waals surface area contributed by atoms with Gasteiger partial charge in [0.2, 0.25) is 11.8 Å². The number of rotatable bonds is 3. The highest BCUT2D eigenvalue weighted by atomic mass is 16.2. The lowest BCUT2D eigenvalue weighted by molar-refractivity contribution is -0.152. The highest BCUT2D eigenvalue weighted by Gasteiger charge is 2.44. The van der Waals surface area contributed by atoms with E-state index in [2.05, 4.69) is 5.32 Å². The maximum absolute atomic E-state index is 13.3. The van der Waals surface area contributed by atoms with E-state index in [9.17, 15) is 14.4 Å². The number of hydrogen-bond donors (Lipinski definition) is 1. The van der Waals surface area contributed by atoms with Crippen LogP contribution in [0.4, 0.5) is 0 Å². The molecule has 3 aromatic carbocycles. The molecule has 3 amide bonds. The number of nitrogens with zero attached hydrogens (tertiary/aromatic N) is 2. The third-order valence-electron chi connectivity index (χ3n) is 6.17. The summed E-state index contributed by atoms with van der Waals surface area (Å²) in [5, 5.41) is 4.77. The molecule has 0 spiro atoms. The van der Waals surface area contributed by atoms with E-state index in [-0.39, 0.29) is 24.3 Å². The van der Waals surface area contributed by atoms with Gasteiger partial charge in [-0.1, -0.05) is 66.7 Å². The molecule has 0 bridgehead atoms. The van der Waals surface area contributed by atoms with Crippen LogP contribution in [0, 0.1) is 0 Å². The minimum absolute atomic E-state index is 0.0780. The van der Waals surface area contributed by atoms with Gasteiger partial charge in [-0.2, -0.15) is 0 Å². The van der Waals surface area contributed by atoms with E-state index in [1.54, 1.807) is 9.80 Å². The minimum Gasteiger partial charge on any atom is -0.342 e. The van der Waals surface area contributed by atoms with Gasteiger partial charge in [0.05, 0.1) is 6.54 Å². The van der Waals surface area contributed by atoms with Crippen LogP contribution in [-0.4, -0.2) is 59.2 Å². The van der Waals surface area contributed by atoms with E-state index in [0.717, 1.165) is 16.3 Å². The first-order valence-electron chi connectivity index (χ1n) is 10.5. The molecule has 1 N–H and O–H groups in total. The Labute approximate surface area is 180 Å². The summed E-state index contributed by atoms with van der Waals surface area (Å²) >= 11 is 0. The van der Waals surface area contributed by atoms with Crippen molar-refractivity contribution in [1.82, 2.24) is 15.1 Å². The fourth-order valence-corrected chi connectivity index (χ4v) is 4.56. The number of fused-ring (bicyclic) bond motifs is 2. The smallest absolute Gasteiger partial charge is 0.254 e. The van der Waals surface area contributed by atoms with Gasteiger partial charge in [0.15, 0.2) is 0 Å². The zero-order chi connectivity index (χ0) is 21.4. The number of hydrogen-bond acceptors (Lipinski definition) is 3. The molecule has 5 rings (SSSR count). The number of piperazine rings is 2. The number of amides is 3. The summed E-state index contributed by atoms with van der Waals surface area (Å²) in [5.74, 6) is -0.384. The van der Waals surface area contributed by atoms with E-state index < -0.39 is 12.1 Å². The SMILES string of the molecule is O=C1N[C@H](Cc2ccccc2)C(=O)N2CCN(C(=O)c3cccc4ccccc34)C[C@H]12. The second-order valence-corrected chi connectivity index (χ2v) is 8.08. The topological polar surface area (TPSA) is 69.7 Å². The molecule has 2 atom stereocenters. The molecule has 2 aliphatic rings. The van der Waals surface area contributed by atoms with Crippen LogP contribution in [0.3, 0.4) is 0 Å². The Bertz CT molecular complexity index is 1160. The Hall–Kier alpha value is -3.67. The summed E-state index contributed by atoms with van der Waals surface area (Å²) in [5.41, 5.74) is 1.63. The van der Waals surface area contributed by atoms with Gasteiger partial charge in [0, 0.05) is 25.1 Å². The van der Waals surface area contributed by atoms with E-state index in [0.29, 0.717) is 25.1 Å². The highest BCUT2D eigenvalue weighted by Crippen LogP contribution is 2.23. The third-order valence-corrected chi connectivity index (χ3v) is 6.17. The van der Waals surface area contributed by atoms with Gasteiger partial charge in [-0.3, -0.25) is 14.4 Å². The van der Waals surface area contributed by atoms with Crippen LogP contribution in [-0.2, 0) is 16.0 Å². The van der Waals surface area contributed by atoms with Crippen molar-refractivity contribution < 1.29 is 14.4 Å². The Balaban J connectivity index is 1.33. The van der Waals surface area contributed by atoms with Crippen molar-refractivity contribution in [2.24, 2.45) is 0 Å². The standard InChI is InChI=1S/C25H23N3O3/c29-23-22-16-27(24(30)20-12-6-10-18-9-4-5-11-19(18)20)13-14-28(22)25(31)21(26-23)15-17-7-2-1-3-8-17/h1-12,21-22H,13-16H2,(H,26,29)/t21-,22-/m1/s1. The molecule has 6 nitrogen and oxygen atoms in total. The van der Waals surface area contributed by atoms with Crippen molar-refractivity contribution in [1.29, 1.82) is 0 Å². The first kappa shape index (κ1) is 19.3. The van der Waals surface area contributed by atoms with E-state index in [4.69, 9.17) is 0 Å². The van der Waals surface area contributed by atoms with Gasteiger partial charge in [-0.25, -0.2) is 0 Å².